The number of nitrogens with zero attached hydrogens (tertiary/aromatic N) is 1. The van der Waals surface area contributed by atoms with Crippen LogP contribution in [0.5, 0.6) is 0 Å². The van der Waals surface area contributed by atoms with E-state index in [0.29, 0.717) is 0 Å². The summed E-state index contributed by atoms with van der Waals surface area (Å²) in [6, 6.07) is -4.23. The number of carbonyl (C=O) groups excluding carboxylic acids is 5. The quantitative estimate of drug-likeness (QED) is 0.0582. The Morgan fingerprint density at radius 1 is 0.788 bits per heavy atom. The van der Waals surface area contributed by atoms with E-state index >= 15 is 0 Å². The van der Waals surface area contributed by atoms with E-state index in [1.165, 1.54) is 0 Å². The Balaban J connectivity index is 5.41. The van der Waals surface area contributed by atoms with Crippen LogP contribution in [0.2, 0.25) is 0 Å². The number of primary amides is 2. The Bertz CT molecular complexity index is 768. The molecule has 0 spiro atoms. The smallest absolute Gasteiger partial charge is 0.326 e. The van der Waals surface area contributed by atoms with E-state index in [4.69, 9.17) is 28.7 Å². The molecule has 16 heteroatoms. The highest BCUT2D eigenvalue weighted by Gasteiger charge is 2.30. The van der Waals surface area contributed by atoms with Gasteiger partial charge in [-0.3, -0.25) is 29.0 Å². The summed E-state index contributed by atoms with van der Waals surface area (Å²) >= 11 is 0. The molecule has 33 heavy (non-hydrogen) atoms. The fourth-order valence-corrected chi connectivity index (χ4v) is 2.52. The van der Waals surface area contributed by atoms with Crippen LogP contribution < -0.4 is 44.6 Å². The van der Waals surface area contributed by atoms with Gasteiger partial charge >= 0.3 is 5.97 Å². The maximum absolute atomic E-state index is 12.7. The number of amides is 5. The summed E-state index contributed by atoms with van der Waals surface area (Å²) in [7, 11) is 0. The number of rotatable bonds is 16. The van der Waals surface area contributed by atoms with Gasteiger partial charge in [-0.2, -0.15) is 0 Å². The normalized spacial score (nSPS) is 13.0. The molecule has 0 bridgehead atoms. The van der Waals surface area contributed by atoms with E-state index in [0.717, 1.165) is 0 Å². The van der Waals surface area contributed by atoms with Crippen molar-refractivity contribution in [2.24, 2.45) is 33.7 Å². The molecular weight excluding hydrogens is 442 g/mol. The summed E-state index contributed by atoms with van der Waals surface area (Å²) < 4.78 is 0. The van der Waals surface area contributed by atoms with Gasteiger partial charge in [0, 0.05) is 13.0 Å². The fourth-order valence-electron chi connectivity index (χ4n) is 2.52. The lowest BCUT2D eigenvalue weighted by molar-refractivity contribution is -0.142. The molecule has 0 saturated carbocycles. The van der Waals surface area contributed by atoms with E-state index in [2.05, 4.69) is 20.9 Å². The van der Waals surface area contributed by atoms with Crippen molar-refractivity contribution in [3.8, 4) is 0 Å². The highest BCUT2D eigenvalue weighted by Crippen LogP contribution is 2.03. The number of aliphatic imine (C=N–C) groups is 1. The van der Waals surface area contributed by atoms with Crippen molar-refractivity contribution in [3.63, 3.8) is 0 Å². The molecule has 0 aliphatic heterocycles. The average Bonchev–Trinajstić information content (AvgIpc) is 2.71. The summed E-state index contributed by atoms with van der Waals surface area (Å²) in [6.45, 7) is -0.265. The summed E-state index contributed by atoms with van der Waals surface area (Å²) in [5, 5.41) is 16.0. The summed E-state index contributed by atoms with van der Waals surface area (Å²) in [6.07, 6.45) is -0.983. The molecule has 186 valence electrons. The molecule has 0 aromatic heterocycles. The van der Waals surface area contributed by atoms with Crippen LogP contribution >= 0.6 is 0 Å². The first-order valence-electron chi connectivity index (χ1n) is 9.82. The maximum atomic E-state index is 12.7. The van der Waals surface area contributed by atoms with E-state index in [1.54, 1.807) is 0 Å². The van der Waals surface area contributed by atoms with Crippen molar-refractivity contribution >= 4 is 41.5 Å². The highest BCUT2D eigenvalue weighted by molar-refractivity contribution is 5.95. The minimum atomic E-state index is -1.56. The molecule has 0 aromatic carbocycles. The van der Waals surface area contributed by atoms with E-state index in [-0.39, 0.29) is 38.2 Å². The van der Waals surface area contributed by atoms with Crippen LogP contribution in [-0.4, -0.2) is 77.8 Å². The first-order chi connectivity index (χ1) is 15.4. The van der Waals surface area contributed by atoms with Crippen LogP contribution in [0.3, 0.4) is 0 Å². The van der Waals surface area contributed by atoms with Gasteiger partial charge in [0.15, 0.2) is 5.96 Å². The zero-order chi connectivity index (χ0) is 25.6. The number of nitrogens with one attached hydrogen (secondary N) is 3. The standard InChI is InChI=1S/C17H31N9O7/c18-7-13(29)24-8(2-1-5-23-17(21)22)14(30)26-10(6-12(20)28)15(31)25-9(16(32)33)3-4-11(19)27/h8-10H,1-7,18H2,(H2,19,27)(H2,20,28)(H,24,29)(H,25,31)(H,26,30)(H,32,33)(H4,21,22,23). The van der Waals surface area contributed by atoms with Crippen LogP contribution in [0.25, 0.3) is 0 Å². The molecule has 0 saturated heterocycles. The average molecular weight is 473 g/mol. The summed E-state index contributed by atoms with van der Waals surface area (Å²) in [5.74, 6) is -5.92. The summed E-state index contributed by atoms with van der Waals surface area (Å²) in [5.41, 5.74) is 25.8. The van der Waals surface area contributed by atoms with Crippen LogP contribution in [0, 0.1) is 0 Å². The number of aliphatic carboxylic acids is 1. The van der Waals surface area contributed by atoms with Gasteiger partial charge in [-0.05, 0) is 19.3 Å². The van der Waals surface area contributed by atoms with Gasteiger partial charge in [0.2, 0.25) is 29.5 Å². The number of nitrogens with two attached hydrogens (primary N) is 5. The number of hydrogen-bond acceptors (Lipinski definition) is 8. The zero-order valence-electron chi connectivity index (χ0n) is 17.9. The molecule has 0 aromatic rings. The van der Waals surface area contributed by atoms with Gasteiger partial charge in [0.1, 0.15) is 18.1 Å². The Morgan fingerprint density at radius 3 is 1.85 bits per heavy atom. The Kier molecular flexibility index (Phi) is 13.2. The molecule has 5 amide bonds. The lowest BCUT2D eigenvalue weighted by atomic mass is 10.1. The van der Waals surface area contributed by atoms with E-state index in [9.17, 15) is 33.9 Å². The maximum Gasteiger partial charge on any atom is 0.326 e. The predicted molar refractivity (Wildman–Crippen MR) is 115 cm³/mol. The molecule has 0 aliphatic carbocycles. The molecule has 0 fully saturated rings. The van der Waals surface area contributed by atoms with Crippen molar-refractivity contribution in [2.45, 2.75) is 50.2 Å². The molecule has 3 atom stereocenters. The molecule has 0 rings (SSSR count). The van der Waals surface area contributed by atoms with Gasteiger partial charge in [-0.25, -0.2) is 4.79 Å². The van der Waals surface area contributed by atoms with Gasteiger partial charge in [0.25, 0.3) is 0 Å². The van der Waals surface area contributed by atoms with Crippen LogP contribution in [0.4, 0.5) is 0 Å². The minimum absolute atomic E-state index is 0.0512. The molecule has 0 heterocycles. The molecule has 0 aliphatic rings. The second kappa shape index (κ2) is 15.0. The molecule has 0 radical (unpaired) electrons. The van der Waals surface area contributed by atoms with Gasteiger partial charge in [0.05, 0.1) is 13.0 Å². The van der Waals surface area contributed by atoms with Crippen molar-refractivity contribution in [1.82, 2.24) is 16.0 Å². The minimum Gasteiger partial charge on any atom is -0.480 e. The van der Waals surface area contributed by atoms with Crippen LogP contribution in [0.1, 0.15) is 32.1 Å². The van der Waals surface area contributed by atoms with Gasteiger partial charge in [-0.1, -0.05) is 0 Å². The lowest BCUT2D eigenvalue weighted by Gasteiger charge is -2.23. The largest absolute Gasteiger partial charge is 0.480 e. The van der Waals surface area contributed by atoms with Crippen molar-refractivity contribution < 1.29 is 33.9 Å². The summed E-state index contributed by atoms with van der Waals surface area (Å²) in [4.78, 5) is 74.3. The number of carboxylic acids is 1. The zero-order valence-corrected chi connectivity index (χ0v) is 17.9. The van der Waals surface area contributed by atoms with Crippen molar-refractivity contribution in [1.29, 1.82) is 0 Å². The first-order valence-corrected chi connectivity index (χ1v) is 9.82. The van der Waals surface area contributed by atoms with Crippen LogP contribution in [0.15, 0.2) is 4.99 Å². The third-order valence-corrected chi connectivity index (χ3v) is 4.11. The third-order valence-electron chi connectivity index (χ3n) is 4.11. The fraction of sp³-hybridized carbons (Fsp3) is 0.588. The number of guanidine groups is 1. The van der Waals surface area contributed by atoms with Crippen LogP contribution in [-0.2, 0) is 28.8 Å². The Hall–Kier alpha value is -3.95. The number of hydrogen-bond donors (Lipinski definition) is 9. The Morgan fingerprint density at radius 2 is 1.36 bits per heavy atom. The molecule has 3 unspecified atom stereocenters. The topological polar surface area (TPSA) is 301 Å². The monoisotopic (exact) mass is 473 g/mol. The predicted octanol–water partition coefficient (Wildman–Crippen LogP) is -5.32. The van der Waals surface area contributed by atoms with E-state index in [1.807, 2.05) is 0 Å². The SMILES string of the molecule is NCC(=O)NC(CCCN=C(N)N)C(=O)NC(CC(N)=O)C(=O)NC(CCC(N)=O)C(=O)O. The van der Waals surface area contributed by atoms with E-state index < -0.39 is 66.6 Å². The molecular formula is C17H31N9O7. The molecule has 14 N–H and O–H groups in total. The Labute approximate surface area is 189 Å². The van der Waals surface area contributed by atoms with Gasteiger partial charge in [-0.15, -0.1) is 0 Å². The van der Waals surface area contributed by atoms with Crippen molar-refractivity contribution in [3.05, 3.63) is 0 Å². The first kappa shape index (κ1) is 29.0. The molecule has 16 nitrogen and oxygen atoms in total. The number of carboxylic acid groups (broad SMARTS) is 1. The second-order valence-electron chi connectivity index (χ2n) is 6.91. The second-order valence-corrected chi connectivity index (χ2v) is 6.91. The third kappa shape index (κ3) is 13.1. The van der Waals surface area contributed by atoms with Crippen molar-refractivity contribution in [2.75, 3.05) is 13.1 Å². The highest BCUT2D eigenvalue weighted by atomic mass is 16.4. The lowest BCUT2D eigenvalue weighted by Crippen LogP contribution is -2.57. The number of carbonyl (C=O) groups is 6. The van der Waals surface area contributed by atoms with Gasteiger partial charge < -0.3 is 49.7 Å².